The van der Waals surface area contributed by atoms with Crippen LogP contribution < -0.4 is 15.4 Å². The summed E-state index contributed by atoms with van der Waals surface area (Å²) in [5.74, 6) is 0.369. The van der Waals surface area contributed by atoms with Crippen LogP contribution in [0.2, 0.25) is 0 Å². The minimum atomic E-state index is -0.709. The lowest BCUT2D eigenvalue weighted by molar-refractivity contribution is -0.117. The molecule has 0 N–H and O–H groups in total. The Morgan fingerprint density at radius 3 is 2.48 bits per heavy atom. The number of aromatic nitrogens is 4. The van der Waals surface area contributed by atoms with Crippen LogP contribution >= 0.6 is 34.4 Å². The Morgan fingerprint density at radius 2 is 1.72 bits per heavy atom. The third-order valence-corrected chi connectivity index (χ3v) is 15.2. The molecule has 8 aromatic rings. The maximum Gasteiger partial charge on any atom is 0.268 e. The molecular weight excluding hydrogens is 861 g/mol. The lowest BCUT2D eigenvalue weighted by Gasteiger charge is -2.43. The number of hydrogen-bond donors (Lipinski definition) is 0. The predicted octanol–water partition coefficient (Wildman–Crippen LogP) is 10.0. The summed E-state index contributed by atoms with van der Waals surface area (Å²) < 4.78 is 10.3. The SMILES string of the molecule is CC(=O)N1c2ccccc2C(N(C(=O)c2cccs2)c2cccc(CC3(C)Cc4c(sc5c4c(=O)n(-c4ccc(C)cc4)c4nnc(SCC(=O)c6ccccc6)n54)CO3)c2)CC1C. The minimum absolute atomic E-state index is 0.0269. The van der Waals surface area contributed by atoms with Gasteiger partial charge in [-0.1, -0.05) is 96.2 Å². The number of amides is 2. The molecule has 11 nitrogen and oxygen atoms in total. The van der Waals surface area contributed by atoms with Crippen LogP contribution in [0.4, 0.5) is 11.4 Å². The summed E-state index contributed by atoms with van der Waals surface area (Å²) in [7, 11) is 0. The highest BCUT2D eigenvalue weighted by atomic mass is 32.2. The van der Waals surface area contributed by atoms with Crippen molar-refractivity contribution in [2.75, 3.05) is 15.6 Å². The molecule has 14 heteroatoms. The number of Topliss-reactive ketones (excluding diaryl/α,β-unsaturated/α-hetero) is 1. The zero-order chi connectivity index (χ0) is 44.3. The molecule has 0 saturated heterocycles. The first kappa shape index (κ1) is 41.8. The minimum Gasteiger partial charge on any atom is -0.369 e. The van der Waals surface area contributed by atoms with Crippen molar-refractivity contribution in [2.24, 2.45) is 0 Å². The highest BCUT2D eigenvalue weighted by Gasteiger charge is 2.40. The van der Waals surface area contributed by atoms with E-state index in [9.17, 15) is 19.2 Å². The molecule has 4 aromatic carbocycles. The van der Waals surface area contributed by atoms with Gasteiger partial charge < -0.3 is 14.5 Å². The molecule has 2 aliphatic rings. The summed E-state index contributed by atoms with van der Waals surface area (Å²) >= 11 is 4.22. The molecular formula is C50H44N6O5S3. The smallest absolute Gasteiger partial charge is 0.268 e. The van der Waals surface area contributed by atoms with Crippen LogP contribution in [-0.2, 0) is 29.0 Å². The maximum atomic E-state index is 14.9. The van der Waals surface area contributed by atoms with Crippen molar-refractivity contribution in [3.8, 4) is 5.69 Å². The van der Waals surface area contributed by atoms with Gasteiger partial charge in [0, 0.05) is 47.6 Å². The fourth-order valence-corrected chi connectivity index (χ4v) is 12.1. The number of fused-ring (bicyclic) bond motifs is 6. The van der Waals surface area contributed by atoms with E-state index >= 15 is 0 Å². The largest absolute Gasteiger partial charge is 0.369 e. The van der Waals surface area contributed by atoms with Gasteiger partial charge in [0.1, 0.15) is 4.83 Å². The van der Waals surface area contributed by atoms with Gasteiger partial charge in [0.15, 0.2) is 10.9 Å². The van der Waals surface area contributed by atoms with E-state index in [4.69, 9.17) is 4.74 Å². The molecule has 2 amide bonds. The molecule has 3 unspecified atom stereocenters. The second-order valence-electron chi connectivity index (χ2n) is 16.8. The number of carbonyl (C=O) groups excluding carboxylic acids is 3. The Labute approximate surface area is 381 Å². The molecule has 3 atom stereocenters. The molecule has 4 aromatic heterocycles. The van der Waals surface area contributed by atoms with E-state index < -0.39 is 5.60 Å². The fourth-order valence-electron chi connectivity index (χ4n) is 9.31. The average Bonchev–Trinajstić information content (AvgIpc) is 4.06. The third-order valence-electron chi connectivity index (χ3n) is 12.3. The normalized spacial score (nSPS) is 18.2. The molecule has 0 aliphatic carbocycles. The van der Waals surface area contributed by atoms with Crippen LogP contribution in [0.15, 0.2) is 131 Å². The van der Waals surface area contributed by atoms with Gasteiger partial charge in [-0.2, -0.15) is 0 Å². The summed E-state index contributed by atoms with van der Waals surface area (Å²) in [5.41, 5.74) is 5.87. The highest BCUT2D eigenvalue weighted by Crippen LogP contribution is 2.44. The molecule has 64 heavy (non-hydrogen) atoms. The van der Waals surface area contributed by atoms with E-state index in [1.807, 2.05) is 124 Å². The van der Waals surface area contributed by atoms with Crippen molar-refractivity contribution in [1.29, 1.82) is 0 Å². The number of para-hydroxylation sites is 1. The summed E-state index contributed by atoms with van der Waals surface area (Å²) in [4.78, 5) is 61.7. The molecule has 10 rings (SSSR count). The number of rotatable bonds is 10. The van der Waals surface area contributed by atoms with Gasteiger partial charge in [-0.3, -0.25) is 19.2 Å². The van der Waals surface area contributed by atoms with Crippen LogP contribution in [0.1, 0.15) is 80.4 Å². The van der Waals surface area contributed by atoms with Gasteiger partial charge in [0.2, 0.25) is 11.7 Å². The first-order chi connectivity index (χ1) is 31.0. The monoisotopic (exact) mass is 904 g/mol. The summed E-state index contributed by atoms with van der Waals surface area (Å²) in [6, 6.07) is 36.2. The Kier molecular flexibility index (Phi) is 10.9. The highest BCUT2D eigenvalue weighted by molar-refractivity contribution is 7.99. The Bertz CT molecular complexity index is 3160. The van der Waals surface area contributed by atoms with Crippen molar-refractivity contribution in [1.82, 2.24) is 19.2 Å². The van der Waals surface area contributed by atoms with Crippen molar-refractivity contribution >= 4 is 79.4 Å². The van der Waals surface area contributed by atoms with Gasteiger partial charge in [-0.15, -0.1) is 32.9 Å². The van der Waals surface area contributed by atoms with Crippen molar-refractivity contribution in [2.45, 2.75) is 76.4 Å². The number of hydrogen-bond acceptors (Lipinski definition) is 10. The molecule has 6 heterocycles. The number of benzene rings is 4. The molecule has 0 spiro atoms. The standard InChI is InChI=1S/C50H44N6O5S3/c1-30-19-21-35(22-20-30)55-46(60)44-38-27-50(4,61-28-43(38)64-47(44)56-48(55)51-52-49(56)63-29-41(58)34-13-6-5-7-14-34)26-33-12-10-15-36(25-33)54(45(59)42-18-11-23-62-42)40-24-31(2)53(32(3)57)39-17-9-8-16-37(39)40/h5-23,25,31,40H,24,26-29H2,1-4H3. The molecule has 322 valence electrons. The van der Waals surface area contributed by atoms with Gasteiger partial charge in [-0.25, -0.2) is 8.97 Å². The number of thioether (sulfide) groups is 1. The van der Waals surface area contributed by atoms with Gasteiger partial charge in [0.05, 0.1) is 40.0 Å². The quantitative estimate of drug-likeness (QED) is 0.0984. The zero-order valence-corrected chi connectivity index (χ0v) is 38.1. The van der Waals surface area contributed by atoms with Crippen LogP contribution in [-0.4, -0.2) is 54.2 Å². The molecule has 0 saturated carbocycles. The number of aryl methyl sites for hydroxylation is 1. The lowest BCUT2D eigenvalue weighted by Crippen LogP contribution is -2.47. The second-order valence-corrected chi connectivity index (χ2v) is 19.8. The van der Waals surface area contributed by atoms with E-state index in [2.05, 4.69) is 29.3 Å². The first-order valence-electron chi connectivity index (χ1n) is 21.2. The van der Waals surface area contributed by atoms with Gasteiger partial charge >= 0.3 is 0 Å². The maximum absolute atomic E-state index is 14.9. The summed E-state index contributed by atoms with van der Waals surface area (Å²) in [5, 5.41) is 12.1. The van der Waals surface area contributed by atoms with E-state index in [1.54, 1.807) is 23.6 Å². The fraction of sp³-hybridized carbons (Fsp3) is 0.240. The Balaban J connectivity index is 1.02. The summed E-state index contributed by atoms with van der Waals surface area (Å²) in [6.45, 7) is 8.02. The number of ketones is 1. The zero-order valence-electron chi connectivity index (χ0n) is 35.7. The topological polar surface area (TPSA) is 119 Å². The van der Waals surface area contributed by atoms with Crippen molar-refractivity contribution in [3.63, 3.8) is 0 Å². The van der Waals surface area contributed by atoms with E-state index in [-0.39, 0.29) is 41.0 Å². The second kappa shape index (κ2) is 16.7. The third kappa shape index (κ3) is 7.47. The average molecular weight is 905 g/mol. The van der Waals surface area contributed by atoms with Crippen LogP contribution in [0.5, 0.6) is 0 Å². The Hall–Kier alpha value is -6.19. The van der Waals surface area contributed by atoms with Crippen LogP contribution in [0.25, 0.3) is 21.7 Å². The van der Waals surface area contributed by atoms with Crippen molar-refractivity contribution in [3.05, 3.63) is 169 Å². The number of anilines is 2. The lowest BCUT2D eigenvalue weighted by atomic mass is 9.86. The molecule has 0 radical (unpaired) electrons. The van der Waals surface area contributed by atoms with E-state index in [0.717, 1.165) is 43.3 Å². The van der Waals surface area contributed by atoms with Crippen molar-refractivity contribution < 1.29 is 19.1 Å². The van der Waals surface area contributed by atoms with E-state index in [0.29, 0.717) is 58.3 Å². The summed E-state index contributed by atoms with van der Waals surface area (Å²) in [6.07, 6.45) is 1.54. The molecule has 0 fully saturated rings. The van der Waals surface area contributed by atoms with Gasteiger partial charge in [-0.05, 0) is 85.7 Å². The Morgan fingerprint density at radius 1 is 0.938 bits per heavy atom. The van der Waals surface area contributed by atoms with Crippen LogP contribution in [0, 0.1) is 6.92 Å². The van der Waals surface area contributed by atoms with Gasteiger partial charge in [0.25, 0.3) is 11.5 Å². The molecule has 2 aliphatic heterocycles. The van der Waals surface area contributed by atoms with E-state index in [1.165, 1.54) is 34.4 Å². The first-order valence-corrected chi connectivity index (χ1v) is 23.9. The number of carbonyl (C=O) groups is 3. The number of ether oxygens (including phenoxy) is 1. The number of thiophene rings is 2. The predicted molar refractivity (Wildman–Crippen MR) is 255 cm³/mol. The number of nitrogens with zero attached hydrogens (tertiary/aromatic N) is 6. The van der Waals surface area contributed by atoms with Crippen LogP contribution in [0.3, 0.4) is 0 Å². The molecule has 0 bridgehead atoms.